The van der Waals surface area contributed by atoms with Crippen LogP contribution in [0.3, 0.4) is 0 Å². The summed E-state index contributed by atoms with van der Waals surface area (Å²) in [5.74, 6) is 0. The van der Waals surface area contributed by atoms with Crippen LogP contribution in [0.15, 0.2) is 12.3 Å². The molecule has 56 valence electrons. The number of aromatic nitrogens is 2. The van der Waals surface area contributed by atoms with Gasteiger partial charge >= 0.3 is 6.30 Å². The molecule has 0 aliphatic heterocycles. The Hall–Kier alpha value is -1.00. The Kier molecular flexibility index (Phi) is 1.42. The predicted octanol–water partition coefficient (Wildman–Crippen LogP) is 1.09. The summed E-state index contributed by atoms with van der Waals surface area (Å²) in [6.07, 6.45) is -3.39. The molecule has 0 amide bonds. The van der Waals surface area contributed by atoms with Gasteiger partial charge in [0.05, 0.1) is 5.69 Å². The number of alkyl halides is 3. The lowest BCUT2D eigenvalue weighted by Crippen LogP contribution is -2.48. The van der Waals surface area contributed by atoms with Gasteiger partial charge in [0, 0.05) is 6.07 Å². The molecule has 1 heterocycles. The molecule has 0 unspecified atom stereocenters. The highest BCUT2D eigenvalue weighted by Gasteiger charge is 2.43. The molecule has 0 fully saturated rings. The molecule has 0 aliphatic carbocycles. The summed E-state index contributed by atoms with van der Waals surface area (Å²) in [6.45, 7) is 1.56. The zero-order chi connectivity index (χ0) is 7.78. The third-order valence-corrected chi connectivity index (χ3v) is 1.04. The van der Waals surface area contributed by atoms with Crippen molar-refractivity contribution in [2.24, 2.45) is 0 Å². The second-order valence-electron chi connectivity index (χ2n) is 1.95. The quantitative estimate of drug-likeness (QED) is 0.535. The second-order valence-corrected chi connectivity index (χ2v) is 1.95. The molecule has 10 heavy (non-hydrogen) atoms. The molecule has 0 radical (unpaired) electrons. The molecule has 0 aromatic carbocycles. The van der Waals surface area contributed by atoms with E-state index >= 15 is 0 Å². The van der Waals surface area contributed by atoms with Crippen LogP contribution >= 0.6 is 0 Å². The van der Waals surface area contributed by atoms with Crippen LogP contribution in [0, 0.1) is 6.92 Å². The smallest absolute Gasteiger partial charge is 0.162 e. The molecule has 0 atom stereocenters. The maximum absolute atomic E-state index is 11.7. The van der Waals surface area contributed by atoms with Crippen LogP contribution in [-0.2, 0) is 6.30 Å². The van der Waals surface area contributed by atoms with Gasteiger partial charge in [-0.2, -0.15) is 5.10 Å². The lowest BCUT2D eigenvalue weighted by molar-refractivity contribution is -0.893. The predicted molar refractivity (Wildman–Crippen MR) is 27.0 cm³/mol. The Balaban J connectivity index is 2.96. The average molecular weight is 151 g/mol. The zero-order valence-electron chi connectivity index (χ0n) is 5.24. The summed E-state index contributed by atoms with van der Waals surface area (Å²) in [6, 6.07) is 1.35. The number of H-pyrrole nitrogens is 1. The number of rotatable bonds is 0. The fraction of sp³-hybridized carbons (Fsp3) is 0.400. The normalized spacial score (nSPS) is 12.0. The number of aromatic amines is 1. The number of aryl methyl sites for hydroxylation is 1. The van der Waals surface area contributed by atoms with Crippen molar-refractivity contribution in [3.05, 3.63) is 18.0 Å². The van der Waals surface area contributed by atoms with E-state index in [1.165, 1.54) is 6.07 Å². The van der Waals surface area contributed by atoms with E-state index in [1.807, 2.05) is 0 Å². The van der Waals surface area contributed by atoms with Crippen molar-refractivity contribution in [1.29, 1.82) is 0 Å². The van der Waals surface area contributed by atoms with E-state index in [9.17, 15) is 13.2 Å². The summed E-state index contributed by atoms with van der Waals surface area (Å²) in [4.78, 5) is 0. The first-order valence-electron chi connectivity index (χ1n) is 2.64. The van der Waals surface area contributed by atoms with Crippen LogP contribution in [0.2, 0.25) is 0 Å². The molecule has 1 aromatic heterocycles. The first-order valence-corrected chi connectivity index (χ1v) is 2.64. The fourth-order valence-corrected chi connectivity index (χ4v) is 0.599. The highest BCUT2D eigenvalue weighted by atomic mass is 19.4. The Bertz CT molecular complexity index is 225. The van der Waals surface area contributed by atoms with Crippen molar-refractivity contribution in [2.75, 3.05) is 0 Å². The average Bonchev–Trinajstić information content (AvgIpc) is 2.11. The lowest BCUT2D eigenvalue weighted by atomic mass is 10.5. The molecule has 0 saturated heterocycles. The standard InChI is InChI=1S/C5H5F3N2/c1-4-2-3-10(9-4)5(6,7)8/h2-3H,1H3/p+1. The molecule has 5 heteroatoms. The molecule has 0 saturated carbocycles. The van der Waals surface area contributed by atoms with Gasteiger partial charge in [-0.25, -0.2) is 0 Å². The van der Waals surface area contributed by atoms with E-state index < -0.39 is 6.30 Å². The summed E-state index contributed by atoms with van der Waals surface area (Å²) in [5, 5.41) is 2.11. The van der Waals surface area contributed by atoms with Crippen LogP contribution in [0.1, 0.15) is 5.69 Å². The van der Waals surface area contributed by atoms with Crippen LogP contribution in [0.5, 0.6) is 0 Å². The van der Waals surface area contributed by atoms with Gasteiger partial charge in [0.1, 0.15) is 0 Å². The third kappa shape index (κ3) is 1.29. The summed E-state index contributed by atoms with van der Waals surface area (Å²) in [5.41, 5.74) is 0.484. The summed E-state index contributed by atoms with van der Waals surface area (Å²) < 4.78 is 35.3. The van der Waals surface area contributed by atoms with Crippen molar-refractivity contribution in [1.82, 2.24) is 5.10 Å². The van der Waals surface area contributed by atoms with Crippen LogP contribution in [0.25, 0.3) is 0 Å². The Morgan fingerprint density at radius 2 is 2.10 bits per heavy atom. The molecular formula is C5H6F3N2+. The number of hydrogen-bond donors (Lipinski definition) is 1. The molecule has 0 aliphatic rings. The van der Waals surface area contributed by atoms with E-state index in [0.717, 1.165) is 6.20 Å². The minimum absolute atomic E-state index is 0.0995. The molecule has 1 rings (SSSR count). The van der Waals surface area contributed by atoms with Crippen molar-refractivity contribution in [2.45, 2.75) is 13.2 Å². The van der Waals surface area contributed by atoms with Crippen LogP contribution in [0.4, 0.5) is 13.2 Å². The van der Waals surface area contributed by atoms with Crippen molar-refractivity contribution in [3.63, 3.8) is 0 Å². The SMILES string of the molecule is Cc1cc[n+](C(F)(F)F)[nH]1. The van der Waals surface area contributed by atoms with Gasteiger partial charge in [-0.1, -0.05) is 0 Å². The molecule has 0 bridgehead atoms. The Morgan fingerprint density at radius 3 is 2.30 bits per heavy atom. The van der Waals surface area contributed by atoms with Crippen molar-refractivity contribution in [3.8, 4) is 0 Å². The summed E-state index contributed by atoms with van der Waals surface area (Å²) >= 11 is 0. The van der Waals surface area contributed by atoms with Crippen LogP contribution in [-0.4, -0.2) is 5.10 Å². The molecule has 1 aromatic rings. The molecule has 2 nitrogen and oxygen atoms in total. The first-order chi connectivity index (χ1) is 4.50. The molecule has 0 spiro atoms. The second kappa shape index (κ2) is 2.00. The summed E-state index contributed by atoms with van der Waals surface area (Å²) in [7, 11) is 0. The maximum atomic E-state index is 11.7. The molecule has 1 N–H and O–H groups in total. The largest absolute Gasteiger partial charge is 0.660 e. The van der Waals surface area contributed by atoms with Gasteiger partial charge < -0.3 is 0 Å². The van der Waals surface area contributed by atoms with E-state index in [0.29, 0.717) is 5.69 Å². The fourth-order valence-electron chi connectivity index (χ4n) is 0.599. The lowest BCUT2D eigenvalue weighted by Gasteiger charge is -1.92. The van der Waals surface area contributed by atoms with Gasteiger partial charge in [0.2, 0.25) is 6.20 Å². The van der Waals surface area contributed by atoms with E-state index in [2.05, 4.69) is 5.10 Å². The van der Waals surface area contributed by atoms with Gasteiger partial charge in [0.15, 0.2) is 0 Å². The number of nitrogens with zero attached hydrogens (tertiary/aromatic N) is 1. The minimum Gasteiger partial charge on any atom is -0.162 e. The van der Waals surface area contributed by atoms with E-state index in [4.69, 9.17) is 0 Å². The number of halogens is 3. The molecular weight excluding hydrogens is 145 g/mol. The van der Waals surface area contributed by atoms with Gasteiger partial charge in [-0.3, -0.25) is 0 Å². The zero-order valence-corrected chi connectivity index (χ0v) is 5.24. The van der Waals surface area contributed by atoms with E-state index in [-0.39, 0.29) is 4.68 Å². The van der Waals surface area contributed by atoms with Gasteiger partial charge in [-0.15, -0.1) is 13.2 Å². The van der Waals surface area contributed by atoms with Gasteiger partial charge in [0.25, 0.3) is 0 Å². The first kappa shape index (κ1) is 7.11. The highest BCUT2D eigenvalue weighted by molar-refractivity contribution is 4.88. The monoisotopic (exact) mass is 151 g/mol. The highest BCUT2D eigenvalue weighted by Crippen LogP contribution is 2.12. The minimum atomic E-state index is -4.33. The Labute approximate surface area is 55.3 Å². The van der Waals surface area contributed by atoms with Crippen molar-refractivity contribution < 1.29 is 17.9 Å². The number of hydrogen-bond acceptors (Lipinski definition) is 0. The van der Waals surface area contributed by atoms with E-state index in [1.54, 1.807) is 6.92 Å². The van der Waals surface area contributed by atoms with Crippen LogP contribution < -0.4 is 4.68 Å². The Morgan fingerprint density at radius 1 is 1.50 bits per heavy atom. The maximum Gasteiger partial charge on any atom is 0.660 e. The van der Waals surface area contributed by atoms with Gasteiger partial charge in [-0.05, 0) is 11.6 Å². The number of nitrogens with one attached hydrogen (secondary N) is 1. The topological polar surface area (TPSA) is 19.7 Å². The third-order valence-electron chi connectivity index (χ3n) is 1.04. The van der Waals surface area contributed by atoms with Crippen molar-refractivity contribution >= 4 is 0 Å².